The quantitative estimate of drug-likeness (QED) is 0.402. The lowest BCUT2D eigenvalue weighted by molar-refractivity contribution is -0.212. The van der Waals surface area contributed by atoms with Gasteiger partial charge >= 0.3 is 0 Å². The number of nitrogens with zero attached hydrogens (tertiary/aromatic N) is 3. The van der Waals surface area contributed by atoms with Crippen LogP contribution in [0.3, 0.4) is 0 Å². The van der Waals surface area contributed by atoms with Crippen LogP contribution >= 0.6 is 0 Å². The summed E-state index contributed by atoms with van der Waals surface area (Å²) in [5.74, 6) is -1.05. The lowest BCUT2D eigenvalue weighted by atomic mass is 9.39. The SMILES string of the molecule is C[C@H]1Cc2c([nH]c3ccccc23)[C@H](c2c(F)cc(O[C@H]3CCN(CCCF)C3)cc2F)N1C12CC(C#N)(C1)C2. The lowest BCUT2D eigenvalue weighted by Gasteiger charge is -2.73. The van der Waals surface area contributed by atoms with Crippen molar-refractivity contribution in [3.05, 3.63) is 64.9 Å². The van der Waals surface area contributed by atoms with Crippen molar-refractivity contribution >= 4 is 10.9 Å². The number of rotatable bonds is 7. The summed E-state index contributed by atoms with van der Waals surface area (Å²) < 4.78 is 50.7. The molecular weight excluding hydrogens is 501 g/mol. The molecule has 8 rings (SSSR count). The molecule has 5 nitrogen and oxygen atoms in total. The van der Waals surface area contributed by atoms with Gasteiger partial charge in [-0.05, 0) is 57.1 Å². The Morgan fingerprint density at radius 2 is 1.90 bits per heavy atom. The van der Waals surface area contributed by atoms with Gasteiger partial charge in [0.25, 0.3) is 0 Å². The van der Waals surface area contributed by atoms with Gasteiger partial charge in [-0.2, -0.15) is 5.26 Å². The van der Waals surface area contributed by atoms with Crippen LogP contribution < -0.4 is 4.74 Å². The molecular formula is C31H33F3N4O. The number of fused-ring (bicyclic) bond motifs is 3. The number of H-pyrrole nitrogens is 1. The predicted octanol–water partition coefficient (Wildman–Crippen LogP) is 6.04. The highest BCUT2D eigenvalue weighted by Crippen LogP contribution is 2.72. The van der Waals surface area contributed by atoms with E-state index in [1.165, 1.54) is 12.1 Å². The molecule has 2 bridgehead atoms. The first-order chi connectivity index (χ1) is 18.9. The Morgan fingerprint density at radius 3 is 2.62 bits per heavy atom. The van der Waals surface area contributed by atoms with Crippen LogP contribution in [0.25, 0.3) is 10.9 Å². The fourth-order valence-corrected chi connectivity index (χ4v) is 8.08. The van der Waals surface area contributed by atoms with Crippen LogP contribution in [0.5, 0.6) is 5.75 Å². The highest BCUT2D eigenvalue weighted by molar-refractivity contribution is 5.85. The van der Waals surface area contributed by atoms with Gasteiger partial charge in [0.05, 0.1) is 24.2 Å². The Hall–Kier alpha value is -3.02. The molecule has 0 unspecified atom stereocenters. The minimum Gasteiger partial charge on any atom is -0.489 e. The van der Waals surface area contributed by atoms with Crippen LogP contribution in [0.2, 0.25) is 0 Å². The maximum absolute atomic E-state index is 16.1. The van der Waals surface area contributed by atoms with Crippen LogP contribution in [0.15, 0.2) is 36.4 Å². The third-order valence-electron chi connectivity index (χ3n) is 9.63. The summed E-state index contributed by atoms with van der Waals surface area (Å²) in [6.07, 6.45) is 4.07. The zero-order valence-corrected chi connectivity index (χ0v) is 22.2. The summed E-state index contributed by atoms with van der Waals surface area (Å²) in [4.78, 5) is 7.95. The number of alkyl halides is 1. The molecule has 1 aromatic heterocycles. The molecule has 1 saturated heterocycles. The molecule has 2 aromatic carbocycles. The number of nitrogens with one attached hydrogen (secondary N) is 1. The molecule has 3 aliphatic carbocycles. The van der Waals surface area contributed by atoms with E-state index in [-0.39, 0.29) is 41.1 Å². The third kappa shape index (κ3) is 3.81. The molecule has 0 spiro atoms. The van der Waals surface area contributed by atoms with Gasteiger partial charge in [0.1, 0.15) is 23.5 Å². The van der Waals surface area contributed by atoms with Crippen molar-refractivity contribution in [2.75, 3.05) is 26.3 Å². The minimum absolute atomic E-state index is 0.0356. The van der Waals surface area contributed by atoms with E-state index in [2.05, 4.69) is 33.8 Å². The third-order valence-corrected chi connectivity index (χ3v) is 9.63. The number of likely N-dealkylation sites (tertiary alicyclic amines) is 1. The number of hydrogen-bond donors (Lipinski definition) is 1. The van der Waals surface area contributed by atoms with Gasteiger partial charge in [-0.1, -0.05) is 18.2 Å². The Morgan fingerprint density at radius 1 is 1.15 bits per heavy atom. The van der Waals surface area contributed by atoms with Crippen LogP contribution in [0, 0.1) is 28.4 Å². The van der Waals surface area contributed by atoms with E-state index in [0.717, 1.165) is 60.8 Å². The van der Waals surface area contributed by atoms with Crippen molar-refractivity contribution in [2.24, 2.45) is 5.41 Å². The van der Waals surface area contributed by atoms with Gasteiger partial charge < -0.3 is 9.72 Å². The monoisotopic (exact) mass is 534 g/mol. The molecule has 8 heteroatoms. The molecule has 0 amide bonds. The number of nitriles is 1. The molecule has 5 aliphatic rings. The average Bonchev–Trinajstić information content (AvgIpc) is 3.46. The lowest BCUT2D eigenvalue weighted by Crippen LogP contribution is -2.76. The van der Waals surface area contributed by atoms with E-state index >= 15 is 8.78 Å². The average molecular weight is 535 g/mol. The number of hydrogen-bond acceptors (Lipinski definition) is 4. The van der Waals surface area contributed by atoms with E-state index in [4.69, 9.17) is 4.74 Å². The smallest absolute Gasteiger partial charge is 0.135 e. The molecule has 204 valence electrons. The van der Waals surface area contributed by atoms with Crippen molar-refractivity contribution in [1.29, 1.82) is 5.26 Å². The van der Waals surface area contributed by atoms with Gasteiger partial charge in [-0.25, -0.2) is 8.78 Å². The largest absolute Gasteiger partial charge is 0.489 e. The maximum Gasteiger partial charge on any atom is 0.135 e. The van der Waals surface area contributed by atoms with Crippen molar-refractivity contribution in [1.82, 2.24) is 14.8 Å². The Balaban J connectivity index is 1.25. The molecule has 2 aliphatic heterocycles. The van der Waals surface area contributed by atoms with Crippen molar-refractivity contribution < 1.29 is 17.9 Å². The molecule has 4 fully saturated rings. The molecule has 0 radical (unpaired) electrons. The Labute approximate surface area is 226 Å². The Bertz CT molecular complexity index is 1440. The van der Waals surface area contributed by atoms with Crippen molar-refractivity contribution in [2.45, 2.75) is 69.2 Å². The highest BCUT2D eigenvalue weighted by Gasteiger charge is 2.72. The van der Waals surface area contributed by atoms with Gasteiger partial charge in [-0.3, -0.25) is 14.2 Å². The van der Waals surface area contributed by atoms with Crippen LogP contribution in [0.1, 0.15) is 61.9 Å². The maximum atomic E-state index is 16.1. The topological polar surface area (TPSA) is 55.3 Å². The van der Waals surface area contributed by atoms with Crippen LogP contribution in [0.4, 0.5) is 13.2 Å². The summed E-state index contributed by atoms with van der Waals surface area (Å²) in [7, 11) is 0. The second-order valence-corrected chi connectivity index (χ2v) is 12.2. The summed E-state index contributed by atoms with van der Waals surface area (Å²) >= 11 is 0. The first kappa shape index (κ1) is 25.0. The number of benzene rings is 2. The second kappa shape index (κ2) is 9.00. The highest BCUT2D eigenvalue weighted by atomic mass is 19.1. The van der Waals surface area contributed by atoms with E-state index in [1.54, 1.807) is 0 Å². The van der Waals surface area contributed by atoms with Gasteiger partial charge in [0.2, 0.25) is 0 Å². The zero-order valence-electron chi connectivity index (χ0n) is 22.2. The predicted molar refractivity (Wildman–Crippen MR) is 142 cm³/mol. The van der Waals surface area contributed by atoms with Gasteiger partial charge in [-0.15, -0.1) is 0 Å². The first-order valence-electron chi connectivity index (χ1n) is 14.1. The van der Waals surface area contributed by atoms with E-state index < -0.39 is 17.7 Å². The van der Waals surface area contributed by atoms with E-state index in [1.807, 2.05) is 18.2 Å². The van der Waals surface area contributed by atoms with Crippen molar-refractivity contribution in [3.63, 3.8) is 0 Å². The van der Waals surface area contributed by atoms with Crippen LogP contribution in [-0.2, 0) is 6.42 Å². The van der Waals surface area contributed by atoms with Crippen LogP contribution in [-0.4, -0.2) is 58.8 Å². The fraction of sp³-hybridized carbons (Fsp3) is 0.516. The summed E-state index contributed by atoms with van der Waals surface area (Å²) in [6.45, 7) is 3.86. The number of aromatic nitrogens is 1. The van der Waals surface area contributed by atoms with Gasteiger partial charge in [0, 0.05) is 65.5 Å². The number of para-hydroxylation sites is 1. The summed E-state index contributed by atoms with van der Waals surface area (Å²) in [5, 5.41) is 10.8. The molecule has 39 heavy (non-hydrogen) atoms. The number of aromatic amines is 1. The van der Waals surface area contributed by atoms with E-state index in [9.17, 15) is 9.65 Å². The fourth-order valence-electron chi connectivity index (χ4n) is 8.08. The Kier molecular flexibility index (Phi) is 5.77. The first-order valence-corrected chi connectivity index (χ1v) is 14.1. The van der Waals surface area contributed by atoms with Gasteiger partial charge in [0.15, 0.2) is 0 Å². The molecule has 1 N–H and O–H groups in total. The molecule has 3 saturated carbocycles. The molecule has 3 heterocycles. The second-order valence-electron chi connectivity index (χ2n) is 12.2. The number of halogens is 3. The number of ether oxygens (including phenoxy) is 1. The normalized spacial score (nSPS) is 31.9. The minimum atomic E-state index is -0.620. The zero-order chi connectivity index (χ0) is 26.9. The molecule has 3 aromatic rings. The van der Waals surface area contributed by atoms with Crippen molar-refractivity contribution in [3.8, 4) is 11.8 Å². The van der Waals surface area contributed by atoms with E-state index in [0.29, 0.717) is 19.5 Å². The molecule has 3 atom stereocenters. The summed E-state index contributed by atoms with van der Waals surface area (Å²) in [6, 6.07) is 12.6. The summed E-state index contributed by atoms with van der Waals surface area (Å²) in [5.41, 5.74) is 2.46. The standard InChI is InChI=1S/C31H33F3N4O/c1-19-11-23-22-5-2-3-6-26(22)36-28(23)29(38(19)31-15-30(16-31,17-31)18-35)27-24(33)12-21(13-25(27)34)39-20-7-10-37(14-20)9-4-8-32/h2-3,5-6,12-13,19-20,29,36H,4,7-11,14-17H2,1H3/t19-,20-,29-,30?,31?/m0/s1.